The van der Waals surface area contributed by atoms with Crippen LogP contribution in [0.25, 0.3) is 0 Å². The van der Waals surface area contributed by atoms with Crippen LogP contribution < -0.4 is 4.74 Å². The normalized spacial score (nSPS) is 11.2. The van der Waals surface area contributed by atoms with Gasteiger partial charge in [0.25, 0.3) is 0 Å². The van der Waals surface area contributed by atoms with E-state index in [4.69, 9.17) is 16.3 Å². The fourth-order valence-electron chi connectivity index (χ4n) is 1.21. The summed E-state index contributed by atoms with van der Waals surface area (Å²) >= 11 is 5.62. The SMILES string of the molecule is CS(=O)(=O)CCOc1cc(CCl)ccc1[N+](=O)[O-]. The third-order valence-corrected chi connectivity index (χ3v) is 3.30. The number of sulfone groups is 1. The van der Waals surface area contributed by atoms with Gasteiger partial charge >= 0.3 is 5.69 Å². The number of rotatable bonds is 6. The lowest BCUT2D eigenvalue weighted by molar-refractivity contribution is -0.385. The zero-order chi connectivity index (χ0) is 13.8. The number of ether oxygens (including phenoxy) is 1. The topological polar surface area (TPSA) is 86.5 Å². The summed E-state index contributed by atoms with van der Waals surface area (Å²) in [5.41, 5.74) is 0.453. The van der Waals surface area contributed by atoms with E-state index in [1.54, 1.807) is 0 Å². The van der Waals surface area contributed by atoms with Crippen LogP contribution in [0.4, 0.5) is 5.69 Å². The van der Waals surface area contributed by atoms with Crippen LogP contribution in [-0.2, 0) is 15.7 Å². The Bertz CT molecular complexity index is 543. The van der Waals surface area contributed by atoms with Gasteiger partial charge < -0.3 is 4.74 Å². The Labute approximate surface area is 110 Å². The van der Waals surface area contributed by atoms with E-state index in [2.05, 4.69) is 0 Å². The summed E-state index contributed by atoms with van der Waals surface area (Å²) in [6.07, 6.45) is 1.07. The van der Waals surface area contributed by atoms with E-state index < -0.39 is 14.8 Å². The van der Waals surface area contributed by atoms with Gasteiger partial charge in [0.2, 0.25) is 0 Å². The fraction of sp³-hybridized carbons (Fsp3) is 0.400. The van der Waals surface area contributed by atoms with E-state index in [-0.39, 0.29) is 29.7 Å². The molecule has 0 saturated heterocycles. The molecule has 0 atom stereocenters. The first-order valence-corrected chi connectivity index (χ1v) is 7.57. The quantitative estimate of drug-likeness (QED) is 0.453. The summed E-state index contributed by atoms with van der Waals surface area (Å²) in [5.74, 6) is 0.0252. The summed E-state index contributed by atoms with van der Waals surface area (Å²) in [6, 6.07) is 4.25. The van der Waals surface area contributed by atoms with Crippen LogP contribution in [0.1, 0.15) is 5.56 Å². The Morgan fingerprint density at radius 1 is 1.44 bits per heavy atom. The lowest BCUT2D eigenvalue weighted by Crippen LogP contribution is -2.12. The average Bonchev–Trinajstić information content (AvgIpc) is 2.26. The van der Waals surface area contributed by atoms with Crippen molar-refractivity contribution in [2.75, 3.05) is 18.6 Å². The maximum Gasteiger partial charge on any atom is 0.310 e. The molecule has 0 aliphatic rings. The number of halogens is 1. The summed E-state index contributed by atoms with van der Waals surface area (Å²) < 4.78 is 27.0. The number of benzene rings is 1. The molecule has 0 unspecified atom stereocenters. The first-order chi connectivity index (χ1) is 8.33. The number of nitro benzene ring substituents is 1. The van der Waals surface area contributed by atoms with Gasteiger partial charge in [-0.3, -0.25) is 10.1 Å². The molecule has 0 N–H and O–H groups in total. The Hall–Kier alpha value is -1.34. The van der Waals surface area contributed by atoms with E-state index in [1.807, 2.05) is 0 Å². The van der Waals surface area contributed by atoms with Gasteiger partial charge in [0, 0.05) is 18.2 Å². The van der Waals surface area contributed by atoms with Gasteiger partial charge in [-0.15, -0.1) is 11.6 Å². The van der Waals surface area contributed by atoms with Crippen molar-refractivity contribution in [3.8, 4) is 5.75 Å². The fourth-order valence-corrected chi connectivity index (χ4v) is 1.76. The minimum atomic E-state index is -3.16. The lowest BCUT2D eigenvalue weighted by atomic mass is 10.2. The van der Waals surface area contributed by atoms with E-state index in [9.17, 15) is 18.5 Å². The molecule has 0 aliphatic carbocycles. The number of nitrogens with zero attached hydrogens (tertiary/aromatic N) is 1. The lowest BCUT2D eigenvalue weighted by Gasteiger charge is -2.07. The number of nitro groups is 1. The standard InChI is InChI=1S/C10H12ClNO5S/c1-18(15,16)5-4-17-10-6-8(7-11)2-3-9(10)12(13)14/h2-3,6H,4-5,7H2,1H3. The van der Waals surface area contributed by atoms with E-state index in [0.29, 0.717) is 5.56 Å². The van der Waals surface area contributed by atoms with E-state index in [1.165, 1.54) is 18.2 Å². The molecule has 1 rings (SSSR count). The minimum absolute atomic E-state index is 0.0294. The van der Waals surface area contributed by atoms with Crippen molar-refractivity contribution in [1.29, 1.82) is 0 Å². The number of hydrogen-bond acceptors (Lipinski definition) is 5. The van der Waals surface area contributed by atoms with Crippen LogP contribution in [-0.4, -0.2) is 32.0 Å². The molecule has 18 heavy (non-hydrogen) atoms. The van der Waals surface area contributed by atoms with Crippen LogP contribution in [0.3, 0.4) is 0 Å². The highest BCUT2D eigenvalue weighted by atomic mass is 35.5. The molecule has 0 aliphatic heterocycles. The van der Waals surface area contributed by atoms with Crippen LogP contribution in [0, 0.1) is 10.1 Å². The van der Waals surface area contributed by atoms with Crippen LogP contribution >= 0.6 is 11.6 Å². The van der Waals surface area contributed by atoms with Crippen LogP contribution in [0.2, 0.25) is 0 Å². The monoisotopic (exact) mass is 293 g/mol. The molecule has 0 aromatic heterocycles. The molecule has 0 heterocycles. The molecular weight excluding hydrogens is 282 g/mol. The van der Waals surface area contributed by atoms with Gasteiger partial charge in [-0.2, -0.15) is 0 Å². The molecule has 6 nitrogen and oxygen atoms in total. The highest BCUT2D eigenvalue weighted by Crippen LogP contribution is 2.28. The summed E-state index contributed by atoms with van der Waals surface area (Å²) in [6.45, 7) is -0.134. The molecule has 1 aromatic rings. The van der Waals surface area contributed by atoms with Gasteiger partial charge in [-0.25, -0.2) is 8.42 Å². The number of alkyl halides is 1. The molecule has 0 spiro atoms. The predicted octanol–water partition coefficient (Wildman–Crippen LogP) is 1.76. The van der Waals surface area contributed by atoms with Gasteiger partial charge in [0.05, 0.1) is 10.7 Å². The second-order valence-electron chi connectivity index (χ2n) is 3.67. The molecule has 8 heteroatoms. The molecule has 0 radical (unpaired) electrons. The Morgan fingerprint density at radius 3 is 2.61 bits per heavy atom. The van der Waals surface area contributed by atoms with Crippen molar-refractivity contribution in [2.45, 2.75) is 5.88 Å². The van der Waals surface area contributed by atoms with Crippen molar-refractivity contribution in [3.05, 3.63) is 33.9 Å². The van der Waals surface area contributed by atoms with Gasteiger partial charge in [0.15, 0.2) is 15.6 Å². The maximum absolute atomic E-state index is 10.9. The highest BCUT2D eigenvalue weighted by molar-refractivity contribution is 7.90. The molecule has 100 valence electrons. The Kier molecular flexibility index (Phi) is 4.92. The third-order valence-electron chi connectivity index (χ3n) is 2.09. The predicted molar refractivity (Wildman–Crippen MR) is 67.9 cm³/mol. The minimum Gasteiger partial charge on any atom is -0.486 e. The van der Waals surface area contributed by atoms with Crippen LogP contribution in [0.15, 0.2) is 18.2 Å². The van der Waals surface area contributed by atoms with Crippen molar-refractivity contribution in [3.63, 3.8) is 0 Å². The first-order valence-electron chi connectivity index (χ1n) is 4.97. The van der Waals surface area contributed by atoms with E-state index in [0.717, 1.165) is 6.26 Å². The van der Waals surface area contributed by atoms with Crippen molar-refractivity contribution in [1.82, 2.24) is 0 Å². The summed E-state index contributed by atoms with van der Waals surface area (Å²) in [4.78, 5) is 10.2. The molecule has 0 amide bonds. The van der Waals surface area contributed by atoms with E-state index >= 15 is 0 Å². The van der Waals surface area contributed by atoms with Crippen molar-refractivity contribution in [2.24, 2.45) is 0 Å². The highest BCUT2D eigenvalue weighted by Gasteiger charge is 2.16. The second-order valence-corrected chi connectivity index (χ2v) is 6.20. The average molecular weight is 294 g/mol. The first kappa shape index (κ1) is 14.7. The zero-order valence-electron chi connectivity index (χ0n) is 9.63. The molecule has 0 bridgehead atoms. The number of hydrogen-bond donors (Lipinski definition) is 0. The van der Waals surface area contributed by atoms with Crippen LogP contribution in [0.5, 0.6) is 5.75 Å². The molecule has 1 aromatic carbocycles. The van der Waals surface area contributed by atoms with Gasteiger partial charge in [0.1, 0.15) is 6.61 Å². The molecular formula is C10H12ClNO5S. The maximum atomic E-state index is 10.9. The molecule has 0 fully saturated rings. The largest absolute Gasteiger partial charge is 0.486 e. The zero-order valence-corrected chi connectivity index (χ0v) is 11.2. The van der Waals surface area contributed by atoms with Crippen molar-refractivity contribution >= 4 is 27.1 Å². The van der Waals surface area contributed by atoms with Crippen molar-refractivity contribution < 1.29 is 18.1 Å². The third kappa shape index (κ3) is 4.50. The Morgan fingerprint density at radius 2 is 2.11 bits per heavy atom. The summed E-state index contributed by atoms with van der Waals surface area (Å²) in [5, 5.41) is 10.8. The van der Waals surface area contributed by atoms with Gasteiger partial charge in [-0.05, 0) is 11.6 Å². The Balaban J connectivity index is 2.87. The smallest absolute Gasteiger partial charge is 0.310 e. The second kappa shape index (κ2) is 6.01. The molecule has 0 saturated carbocycles. The summed E-state index contributed by atoms with van der Waals surface area (Å²) in [7, 11) is -3.16. The van der Waals surface area contributed by atoms with Gasteiger partial charge in [-0.1, -0.05) is 6.07 Å².